The van der Waals surface area contributed by atoms with Gasteiger partial charge >= 0.3 is 5.97 Å². The summed E-state index contributed by atoms with van der Waals surface area (Å²) in [7, 11) is 2.16. The molecule has 1 atom stereocenters. The third-order valence-corrected chi connectivity index (χ3v) is 4.08. The number of aliphatic carboxylic acids is 1. The summed E-state index contributed by atoms with van der Waals surface area (Å²) in [6.07, 6.45) is 0.595. The van der Waals surface area contributed by atoms with Crippen LogP contribution in [0.4, 0.5) is 0 Å². The van der Waals surface area contributed by atoms with Crippen LogP contribution in [0.5, 0.6) is 0 Å². The molecule has 0 spiro atoms. The Morgan fingerprint density at radius 1 is 1.24 bits per heavy atom. The van der Waals surface area contributed by atoms with Gasteiger partial charge in [-0.15, -0.1) is 0 Å². The van der Waals surface area contributed by atoms with E-state index in [0.717, 1.165) is 38.3 Å². The minimum absolute atomic E-state index is 0.115. The van der Waals surface area contributed by atoms with Gasteiger partial charge < -0.3 is 15.7 Å². The molecule has 1 aromatic carbocycles. The monoisotopic (exact) mass is 291 g/mol. The van der Waals surface area contributed by atoms with Gasteiger partial charge in [-0.25, -0.2) is 0 Å². The molecule has 1 heterocycles. The van der Waals surface area contributed by atoms with Crippen LogP contribution >= 0.6 is 0 Å². The molecule has 5 heteroatoms. The van der Waals surface area contributed by atoms with Gasteiger partial charge in [0.1, 0.15) is 0 Å². The molecule has 0 aliphatic carbocycles. The molecule has 0 amide bonds. The van der Waals surface area contributed by atoms with Crippen LogP contribution < -0.4 is 5.73 Å². The minimum atomic E-state index is -0.794. The lowest BCUT2D eigenvalue weighted by atomic mass is 10.0. The Kier molecular flexibility index (Phi) is 5.73. The van der Waals surface area contributed by atoms with Crippen molar-refractivity contribution in [1.29, 1.82) is 0 Å². The molecule has 1 aliphatic heterocycles. The maximum absolute atomic E-state index is 10.6. The lowest BCUT2D eigenvalue weighted by Gasteiger charge is -2.32. The number of nitrogens with two attached hydrogens (primary N) is 1. The minimum Gasteiger partial charge on any atom is -0.481 e. The molecule has 0 bridgehead atoms. The molecule has 5 nitrogen and oxygen atoms in total. The Bertz CT molecular complexity index is 453. The summed E-state index contributed by atoms with van der Waals surface area (Å²) in [5.74, 6) is -0.794. The van der Waals surface area contributed by atoms with Crippen LogP contribution in [0.25, 0.3) is 0 Å². The number of carboxylic acid groups (broad SMARTS) is 1. The van der Waals surface area contributed by atoms with E-state index in [2.05, 4.69) is 29.0 Å². The fourth-order valence-electron chi connectivity index (χ4n) is 2.58. The third kappa shape index (κ3) is 5.12. The van der Waals surface area contributed by atoms with Gasteiger partial charge in [0.2, 0.25) is 0 Å². The summed E-state index contributed by atoms with van der Waals surface area (Å²) in [4.78, 5) is 15.4. The van der Waals surface area contributed by atoms with E-state index < -0.39 is 5.97 Å². The Morgan fingerprint density at radius 3 is 2.43 bits per heavy atom. The fourth-order valence-corrected chi connectivity index (χ4v) is 2.58. The first kappa shape index (κ1) is 15.9. The number of likely N-dealkylation sites (N-methyl/N-ethyl adjacent to an activating group) is 1. The van der Waals surface area contributed by atoms with Crippen LogP contribution in [0, 0.1) is 0 Å². The zero-order chi connectivity index (χ0) is 15.2. The van der Waals surface area contributed by atoms with E-state index in [0.29, 0.717) is 6.42 Å². The van der Waals surface area contributed by atoms with Gasteiger partial charge in [-0.2, -0.15) is 0 Å². The van der Waals surface area contributed by atoms with Crippen molar-refractivity contribution in [3.05, 3.63) is 35.4 Å². The SMILES string of the molecule is CN1CCN(Cc2ccc(C(N)CCC(=O)O)cc2)CC1. The molecule has 1 saturated heterocycles. The Balaban J connectivity index is 1.85. The van der Waals surface area contributed by atoms with Crippen LogP contribution in [0.2, 0.25) is 0 Å². The van der Waals surface area contributed by atoms with E-state index >= 15 is 0 Å². The number of carboxylic acids is 1. The predicted molar refractivity (Wildman–Crippen MR) is 83.0 cm³/mol. The van der Waals surface area contributed by atoms with E-state index in [1.54, 1.807) is 0 Å². The highest BCUT2D eigenvalue weighted by atomic mass is 16.4. The molecular weight excluding hydrogens is 266 g/mol. The summed E-state index contributed by atoms with van der Waals surface area (Å²) in [6.45, 7) is 5.43. The van der Waals surface area contributed by atoms with Gasteiger partial charge in [0, 0.05) is 45.2 Å². The van der Waals surface area contributed by atoms with Crippen molar-refractivity contribution in [3.8, 4) is 0 Å². The Hall–Kier alpha value is -1.43. The van der Waals surface area contributed by atoms with Crippen LogP contribution in [-0.4, -0.2) is 54.1 Å². The third-order valence-electron chi connectivity index (χ3n) is 4.08. The molecule has 3 N–H and O–H groups in total. The molecular formula is C16H25N3O2. The van der Waals surface area contributed by atoms with Crippen LogP contribution in [0.3, 0.4) is 0 Å². The molecule has 116 valence electrons. The normalized spacial score (nSPS) is 18.6. The van der Waals surface area contributed by atoms with Crippen LogP contribution in [-0.2, 0) is 11.3 Å². The van der Waals surface area contributed by atoms with Gasteiger partial charge in [-0.05, 0) is 24.6 Å². The smallest absolute Gasteiger partial charge is 0.303 e. The molecule has 21 heavy (non-hydrogen) atoms. The second kappa shape index (κ2) is 7.54. The van der Waals surface area contributed by atoms with E-state index in [1.165, 1.54) is 5.56 Å². The molecule has 1 aliphatic rings. The second-order valence-electron chi connectivity index (χ2n) is 5.86. The van der Waals surface area contributed by atoms with Crippen molar-refractivity contribution in [1.82, 2.24) is 9.80 Å². The maximum atomic E-state index is 10.6. The molecule has 1 unspecified atom stereocenters. The summed E-state index contributed by atoms with van der Waals surface area (Å²) in [6, 6.07) is 8.07. The molecule has 0 radical (unpaired) electrons. The lowest BCUT2D eigenvalue weighted by molar-refractivity contribution is -0.137. The number of hydrogen-bond donors (Lipinski definition) is 2. The van der Waals surface area contributed by atoms with Crippen molar-refractivity contribution in [3.63, 3.8) is 0 Å². The summed E-state index contributed by atoms with van der Waals surface area (Å²) >= 11 is 0. The summed E-state index contributed by atoms with van der Waals surface area (Å²) in [5.41, 5.74) is 8.31. The van der Waals surface area contributed by atoms with E-state index in [-0.39, 0.29) is 12.5 Å². The lowest BCUT2D eigenvalue weighted by Crippen LogP contribution is -2.43. The zero-order valence-corrected chi connectivity index (χ0v) is 12.7. The molecule has 1 aromatic rings. The number of carbonyl (C=O) groups is 1. The summed E-state index contributed by atoms with van der Waals surface area (Å²) in [5, 5.41) is 8.69. The van der Waals surface area contributed by atoms with Crippen molar-refractivity contribution in [2.24, 2.45) is 5.73 Å². The largest absolute Gasteiger partial charge is 0.481 e. The van der Waals surface area contributed by atoms with Gasteiger partial charge in [-0.1, -0.05) is 24.3 Å². The summed E-state index contributed by atoms with van der Waals surface area (Å²) < 4.78 is 0. The van der Waals surface area contributed by atoms with Crippen LogP contribution in [0.15, 0.2) is 24.3 Å². The highest BCUT2D eigenvalue weighted by Gasteiger charge is 2.14. The van der Waals surface area contributed by atoms with E-state index in [1.807, 2.05) is 12.1 Å². The zero-order valence-electron chi connectivity index (χ0n) is 12.7. The van der Waals surface area contributed by atoms with Crippen molar-refractivity contribution >= 4 is 5.97 Å². The Morgan fingerprint density at radius 2 is 1.86 bits per heavy atom. The second-order valence-corrected chi connectivity index (χ2v) is 5.86. The topological polar surface area (TPSA) is 69.8 Å². The van der Waals surface area contributed by atoms with Gasteiger partial charge in [-0.3, -0.25) is 9.69 Å². The van der Waals surface area contributed by atoms with Crippen LogP contribution in [0.1, 0.15) is 30.0 Å². The number of piperazine rings is 1. The molecule has 0 aromatic heterocycles. The fraction of sp³-hybridized carbons (Fsp3) is 0.562. The highest BCUT2D eigenvalue weighted by molar-refractivity contribution is 5.66. The van der Waals surface area contributed by atoms with E-state index in [9.17, 15) is 4.79 Å². The molecule has 0 saturated carbocycles. The Labute approximate surface area is 126 Å². The van der Waals surface area contributed by atoms with Crippen molar-refractivity contribution in [2.45, 2.75) is 25.4 Å². The molecule has 2 rings (SSSR count). The van der Waals surface area contributed by atoms with Gasteiger partial charge in [0.15, 0.2) is 0 Å². The van der Waals surface area contributed by atoms with Crippen molar-refractivity contribution < 1.29 is 9.90 Å². The number of rotatable bonds is 6. The average Bonchev–Trinajstić information content (AvgIpc) is 2.48. The maximum Gasteiger partial charge on any atom is 0.303 e. The van der Waals surface area contributed by atoms with E-state index in [4.69, 9.17) is 10.8 Å². The number of benzene rings is 1. The first-order valence-electron chi connectivity index (χ1n) is 7.51. The number of nitrogens with zero attached hydrogens (tertiary/aromatic N) is 2. The predicted octanol–water partition coefficient (Wildman–Crippen LogP) is 1.30. The quantitative estimate of drug-likeness (QED) is 0.827. The average molecular weight is 291 g/mol. The standard InChI is InChI=1S/C16H25N3O2/c1-18-8-10-19(11-9-18)12-13-2-4-14(5-3-13)15(17)6-7-16(20)21/h2-5,15H,6-12,17H2,1H3,(H,20,21). The first-order chi connectivity index (χ1) is 10.0. The first-order valence-corrected chi connectivity index (χ1v) is 7.51. The van der Waals surface area contributed by atoms with Gasteiger partial charge in [0.05, 0.1) is 0 Å². The number of hydrogen-bond acceptors (Lipinski definition) is 4. The highest BCUT2D eigenvalue weighted by Crippen LogP contribution is 2.17. The van der Waals surface area contributed by atoms with Crippen molar-refractivity contribution in [2.75, 3.05) is 33.2 Å². The molecule has 1 fully saturated rings. The van der Waals surface area contributed by atoms with Gasteiger partial charge in [0.25, 0.3) is 0 Å².